The summed E-state index contributed by atoms with van der Waals surface area (Å²) in [5, 5.41) is 10.5. The van der Waals surface area contributed by atoms with Gasteiger partial charge in [0.1, 0.15) is 0 Å². The zero-order chi connectivity index (χ0) is 13.5. The zero-order valence-corrected chi connectivity index (χ0v) is 12.0. The minimum absolute atomic E-state index is 0.151. The molecule has 0 fully saturated rings. The molecular weight excluding hydrogens is 250 g/mol. The summed E-state index contributed by atoms with van der Waals surface area (Å²) in [6, 6.07) is 7.76. The van der Waals surface area contributed by atoms with Crippen molar-refractivity contribution >= 4 is 11.6 Å². The van der Waals surface area contributed by atoms with Crippen LogP contribution in [0.1, 0.15) is 19.4 Å². The third-order valence-corrected chi connectivity index (χ3v) is 2.72. The molecule has 1 N–H and O–H groups in total. The Labute approximate surface area is 114 Å². The molecule has 0 aromatic heterocycles. The van der Waals surface area contributed by atoms with Gasteiger partial charge >= 0.3 is 0 Å². The van der Waals surface area contributed by atoms with Gasteiger partial charge in [-0.2, -0.15) is 0 Å². The van der Waals surface area contributed by atoms with Crippen molar-refractivity contribution in [1.29, 1.82) is 0 Å². The number of likely N-dealkylation sites (N-methyl/N-ethyl adjacent to an activating group) is 1. The fraction of sp³-hybridized carbons (Fsp3) is 0.571. The number of hydrogen-bond donors (Lipinski definition) is 1. The fourth-order valence-corrected chi connectivity index (χ4v) is 1.94. The van der Waals surface area contributed by atoms with Gasteiger partial charge in [-0.15, -0.1) is 0 Å². The smallest absolute Gasteiger partial charge is 0.0900 e. The van der Waals surface area contributed by atoms with Crippen LogP contribution in [0.2, 0.25) is 5.02 Å². The van der Waals surface area contributed by atoms with Gasteiger partial charge in [0.25, 0.3) is 0 Å². The molecule has 0 bridgehead atoms. The first-order chi connectivity index (χ1) is 8.47. The van der Waals surface area contributed by atoms with Crippen molar-refractivity contribution in [1.82, 2.24) is 4.90 Å². The first-order valence-corrected chi connectivity index (χ1v) is 6.58. The molecule has 0 unspecified atom stereocenters. The van der Waals surface area contributed by atoms with Gasteiger partial charge in [-0.05, 0) is 38.6 Å². The molecule has 1 rings (SSSR count). The molecule has 0 radical (unpaired) electrons. The number of nitrogens with zero attached hydrogens (tertiary/aromatic N) is 1. The van der Waals surface area contributed by atoms with Crippen LogP contribution >= 0.6 is 11.6 Å². The van der Waals surface area contributed by atoms with Crippen LogP contribution in [0.5, 0.6) is 0 Å². The van der Waals surface area contributed by atoms with Crippen molar-refractivity contribution in [2.75, 3.05) is 20.2 Å². The van der Waals surface area contributed by atoms with Crippen LogP contribution in [0, 0.1) is 0 Å². The third kappa shape index (κ3) is 6.36. The normalized spacial score (nSPS) is 13.3. The van der Waals surface area contributed by atoms with Gasteiger partial charge in [-0.3, -0.25) is 4.90 Å². The molecular formula is C14H22ClNO2. The first-order valence-electron chi connectivity index (χ1n) is 6.20. The number of hydrogen-bond acceptors (Lipinski definition) is 3. The molecule has 0 heterocycles. The summed E-state index contributed by atoms with van der Waals surface area (Å²) in [5.41, 5.74) is 1.14. The molecule has 0 amide bonds. The highest BCUT2D eigenvalue weighted by Gasteiger charge is 2.09. The summed E-state index contributed by atoms with van der Waals surface area (Å²) in [4.78, 5) is 2.06. The summed E-state index contributed by atoms with van der Waals surface area (Å²) in [6.07, 6.45) is -0.311. The van der Waals surface area contributed by atoms with Crippen LogP contribution in [-0.2, 0) is 11.3 Å². The van der Waals surface area contributed by atoms with E-state index < -0.39 is 6.10 Å². The van der Waals surface area contributed by atoms with Crippen molar-refractivity contribution in [3.8, 4) is 0 Å². The maximum Gasteiger partial charge on any atom is 0.0900 e. The second-order valence-electron chi connectivity index (χ2n) is 4.86. The highest BCUT2D eigenvalue weighted by molar-refractivity contribution is 6.30. The van der Waals surface area contributed by atoms with Crippen molar-refractivity contribution < 1.29 is 9.84 Å². The SMILES string of the molecule is CC(C)OC[C@@H](O)CN(C)Cc1cccc(Cl)c1. The summed E-state index contributed by atoms with van der Waals surface area (Å²) in [5.74, 6) is 0. The summed E-state index contributed by atoms with van der Waals surface area (Å²) >= 11 is 5.93. The number of aliphatic hydroxyl groups excluding tert-OH is 1. The molecule has 0 spiro atoms. The lowest BCUT2D eigenvalue weighted by molar-refractivity contribution is -0.00634. The van der Waals surface area contributed by atoms with E-state index in [9.17, 15) is 5.11 Å². The second kappa shape index (κ2) is 7.74. The topological polar surface area (TPSA) is 32.7 Å². The predicted octanol–water partition coefficient (Wildman–Crippen LogP) is 2.56. The molecule has 0 aliphatic heterocycles. The van der Waals surface area contributed by atoms with E-state index in [1.54, 1.807) is 0 Å². The van der Waals surface area contributed by atoms with Gasteiger partial charge in [0, 0.05) is 18.1 Å². The quantitative estimate of drug-likeness (QED) is 0.827. The van der Waals surface area contributed by atoms with Gasteiger partial charge in [-0.25, -0.2) is 0 Å². The van der Waals surface area contributed by atoms with E-state index >= 15 is 0 Å². The molecule has 0 saturated carbocycles. The molecule has 4 heteroatoms. The van der Waals surface area contributed by atoms with Crippen LogP contribution in [0.15, 0.2) is 24.3 Å². The Morgan fingerprint density at radius 2 is 2.11 bits per heavy atom. The first kappa shape index (κ1) is 15.4. The molecule has 1 aromatic carbocycles. The largest absolute Gasteiger partial charge is 0.389 e. The van der Waals surface area contributed by atoms with Gasteiger partial charge in [0.2, 0.25) is 0 Å². The Morgan fingerprint density at radius 1 is 1.39 bits per heavy atom. The molecule has 0 aliphatic carbocycles. The average molecular weight is 272 g/mol. The number of aliphatic hydroxyl groups is 1. The van der Waals surface area contributed by atoms with E-state index in [0.29, 0.717) is 13.2 Å². The number of ether oxygens (including phenoxy) is 1. The second-order valence-corrected chi connectivity index (χ2v) is 5.30. The Morgan fingerprint density at radius 3 is 2.72 bits per heavy atom. The average Bonchev–Trinajstić information content (AvgIpc) is 2.26. The molecule has 102 valence electrons. The highest BCUT2D eigenvalue weighted by Crippen LogP contribution is 2.12. The van der Waals surface area contributed by atoms with E-state index in [1.807, 2.05) is 45.2 Å². The summed E-state index contributed by atoms with van der Waals surface area (Å²) in [7, 11) is 1.97. The lowest BCUT2D eigenvalue weighted by Gasteiger charge is -2.21. The highest BCUT2D eigenvalue weighted by atomic mass is 35.5. The Balaban J connectivity index is 2.34. The van der Waals surface area contributed by atoms with E-state index in [2.05, 4.69) is 4.90 Å². The van der Waals surface area contributed by atoms with Crippen LogP contribution in [0.3, 0.4) is 0 Å². The molecule has 0 aliphatic rings. The number of halogens is 1. The number of benzene rings is 1. The summed E-state index contributed by atoms with van der Waals surface area (Å²) < 4.78 is 5.38. The minimum atomic E-state index is -0.461. The van der Waals surface area contributed by atoms with Crippen molar-refractivity contribution in [3.63, 3.8) is 0 Å². The van der Waals surface area contributed by atoms with E-state index in [1.165, 1.54) is 0 Å². The van der Waals surface area contributed by atoms with Crippen LogP contribution < -0.4 is 0 Å². The van der Waals surface area contributed by atoms with Gasteiger partial charge < -0.3 is 9.84 Å². The molecule has 3 nitrogen and oxygen atoms in total. The van der Waals surface area contributed by atoms with Gasteiger partial charge in [0.15, 0.2) is 0 Å². The molecule has 1 aromatic rings. The fourth-order valence-electron chi connectivity index (χ4n) is 1.73. The molecule has 1 atom stereocenters. The van der Waals surface area contributed by atoms with Crippen LogP contribution in [-0.4, -0.2) is 42.4 Å². The lowest BCUT2D eigenvalue weighted by atomic mass is 10.2. The lowest BCUT2D eigenvalue weighted by Crippen LogP contribution is -2.32. The van der Waals surface area contributed by atoms with Gasteiger partial charge in [-0.1, -0.05) is 23.7 Å². The zero-order valence-electron chi connectivity index (χ0n) is 11.3. The summed E-state index contributed by atoms with van der Waals surface area (Å²) in [6.45, 7) is 5.64. The van der Waals surface area contributed by atoms with Crippen molar-refractivity contribution in [2.24, 2.45) is 0 Å². The maximum absolute atomic E-state index is 9.81. The minimum Gasteiger partial charge on any atom is -0.389 e. The maximum atomic E-state index is 9.81. The third-order valence-electron chi connectivity index (χ3n) is 2.49. The molecule has 18 heavy (non-hydrogen) atoms. The standard InChI is InChI=1S/C14H22ClNO2/c1-11(2)18-10-14(17)9-16(3)8-12-5-4-6-13(15)7-12/h4-7,11,14,17H,8-10H2,1-3H3/t14-/m0/s1. The predicted molar refractivity (Wildman–Crippen MR) is 74.9 cm³/mol. The van der Waals surface area contributed by atoms with E-state index in [-0.39, 0.29) is 6.10 Å². The monoisotopic (exact) mass is 271 g/mol. The van der Waals surface area contributed by atoms with E-state index in [4.69, 9.17) is 16.3 Å². The van der Waals surface area contributed by atoms with Crippen molar-refractivity contribution in [3.05, 3.63) is 34.9 Å². The van der Waals surface area contributed by atoms with Crippen LogP contribution in [0.25, 0.3) is 0 Å². The molecule has 0 saturated heterocycles. The van der Waals surface area contributed by atoms with Crippen molar-refractivity contribution in [2.45, 2.75) is 32.6 Å². The Hall–Kier alpha value is -0.610. The number of rotatable bonds is 7. The van der Waals surface area contributed by atoms with E-state index in [0.717, 1.165) is 17.1 Å². The Bertz CT molecular complexity index is 357. The Kier molecular flexibility index (Phi) is 6.65. The van der Waals surface area contributed by atoms with Gasteiger partial charge in [0.05, 0.1) is 18.8 Å². The van der Waals surface area contributed by atoms with Crippen LogP contribution in [0.4, 0.5) is 0 Å².